The third kappa shape index (κ3) is 9.81. The van der Waals surface area contributed by atoms with Crippen LogP contribution in [0.25, 0.3) is 0 Å². The van der Waals surface area contributed by atoms with E-state index in [-0.39, 0.29) is 0 Å². The van der Waals surface area contributed by atoms with E-state index in [1.54, 1.807) is 0 Å². The van der Waals surface area contributed by atoms with Gasteiger partial charge < -0.3 is 4.74 Å². The zero-order chi connectivity index (χ0) is 9.94. The second-order valence-electron chi connectivity index (χ2n) is 3.38. The van der Waals surface area contributed by atoms with Gasteiger partial charge in [0.25, 0.3) is 0 Å². The van der Waals surface area contributed by atoms with E-state index in [1.807, 2.05) is 0 Å². The van der Waals surface area contributed by atoms with Crippen molar-refractivity contribution in [1.29, 1.82) is 0 Å². The van der Waals surface area contributed by atoms with E-state index in [9.17, 15) is 0 Å². The van der Waals surface area contributed by atoms with Gasteiger partial charge >= 0.3 is 0 Å². The average Bonchev–Trinajstić information content (AvgIpc) is 2.13. The molecule has 0 heterocycles. The Kier molecular flexibility index (Phi) is 9.89. The summed E-state index contributed by atoms with van der Waals surface area (Å²) in [6.07, 6.45) is 8.35. The molecule has 0 saturated carbocycles. The van der Waals surface area contributed by atoms with Crippen LogP contribution in [0.3, 0.4) is 0 Å². The van der Waals surface area contributed by atoms with E-state index >= 15 is 0 Å². The van der Waals surface area contributed by atoms with Gasteiger partial charge in [-0.3, -0.25) is 0 Å². The molecule has 0 unspecified atom stereocenters. The molecular weight excluding hydrogens is 180 g/mol. The monoisotopic (exact) mass is 202 g/mol. The molecule has 0 fully saturated rings. The number of unbranched alkanes of at least 4 members (excludes halogenated alkanes) is 4. The van der Waals surface area contributed by atoms with E-state index in [0.29, 0.717) is 0 Å². The normalized spacial score (nSPS) is 10.0. The van der Waals surface area contributed by atoms with Crippen molar-refractivity contribution in [3.05, 3.63) is 0 Å². The van der Waals surface area contributed by atoms with Crippen molar-refractivity contribution in [3.63, 3.8) is 0 Å². The van der Waals surface area contributed by atoms with Crippen LogP contribution in [-0.2, 0) is 4.74 Å². The predicted octanol–water partition coefficient (Wildman–Crippen LogP) is 4.10. The van der Waals surface area contributed by atoms with Crippen LogP contribution in [-0.4, -0.2) is 11.7 Å². The van der Waals surface area contributed by atoms with E-state index in [1.165, 1.54) is 32.1 Å². The summed E-state index contributed by atoms with van der Waals surface area (Å²) in [4.78, 5) is 0. The molecule has 0 spiro atoms. The first-order chi connectivity index (χ1) is 6.31. The minimum absolute atomic E-state index is 0.809. The molecule has 0 aromatic carbocycles. The van der Waals surface area contributed by atoms with Crippen molar-refractivity contribution in [3.8, 4) is 0 Å². The standard InChI is InChI=1S/C11H22OS/c1-3-5-7-8-9-11(13)12-10-6-4-2/h3-10H2,1-2H3. The third-order valence-electron chi connectivity index (χ3n) is 2.00. The molecule has 0 aliphatic heterocycles. The van der Waals surface area contributed by atoms with Crippen molar-refractivity contribution in [2.24, 2.45) is 0 Å². The highest BCUT2D eigenvalue weighted by molar-refractivity contribution is 7.80. The number of hydrogen-bond donors (Lipinski definition) is 0. The fourth-order valence-corrected chi connectivity index (χ4v) is 1.33. The van der Waals surface area contributed by atoms with E-state index < -0.39 is 0 Å². The second kappa shape index (κ2) is 9.97. The summed E-state index contributed by atoms with van der Waals surface area (Å²) in [7, 11) is 0. The molecule has 0 radical (unpaired) electrons. The Balaban J connectivity index is 3.11. The van der Waals surface area contributed by atoms with Gasteiger partial charge in [0.15, 0.2) is 5.05 Å². The average molecular weight is 202 g/mol. The molecule has 78 valence electrons. The first kappa shape index (κ1) is 12.9. The highest BCUT2D eigenvalue weighted by atomic mass is 32.1. The first-order valence-corrected chi connectivity index (χ1v) is 5.87. The van der Waals surface area contributed by atoms with Gasteiger partial charge in [0, 0.05) is 6.42 Å². The maximum absolute atomic E-state index is 5.39. The first-order valence-electron chi connectivity index (χ1n) is 5.46. The Labute approximate surface area is 87.9 Å². The smallest absolute Gasteiger partial charge is 0.159 e. The zero-order valence-electron chi connectivity index (χ0n) is 8.97. The van der Waals surface area contributed by atoms with Crippen LogP contribution in [0.15, 0.2) is 0 Å². The molecule has 0 saturated heterocycles. The highest BCUT2D eigenvalue weighted by Gasteiger charge is 1.96. The van der Waals surface area contributed by atoms with Crippen LogP contribution in [0.4, 0.5) is 0 Å². The minimum atomic E-state index is 0.809. The zero-order valence-corrected chi connectivity index (χ0v) is 9.79. The van der Waals surface area contributed by atoms with Crippen molar-refractivity contribution in [1.82, 2.24) is 0 Å². The van der Waals surface area contributed by atoms with Gasteiger partial charge in [0.05, 0.1) is 6.61 Å². The summed E-state index contributed by atoms with van der Waals surface area (Å²) >= 11 is 5.09. The molecule has 13 heavy (non-hydrogen) atoms. The Hall–Kier alpha value is -0.110. The van der Waals surface area contributed by atoms with Gasteiger partial charge in [0.1, 0.15) is 0 Å². The van der Waals surface area contributed by atoms with Crippen molar-refractivity contribution in [2.45, 2.75) is 58.8 Å². The van der Waals surface area contributed by atoms with E-state index in [2.05, 4.69) is 13.8 Å². The SMILES string of the molecule is CCCCCCC(=S)OCCCC. The predicted molar refractivity (Wildman–Crippen MR) is 62.2 cm³/mol. The molecule has 2 heteroatoms. The molecule has 0 N–H and O–H groups in total. The van der Waals surface area contributed by atoms with Crippen LogP contribution in [0.1, 0.15) is 58.8 Å². The van der Waals surface area contributed by atoms with Gasteiger partial charge in [0.2, 0.25) is 0 Å². The Morgan fingerprint density at radius 2 is 1.69 bits per heavy atom. The summed E-state index contributed by atoms with van der Waals surface area (Å²) in [5.41, 5.74) is 0. The maximum atomic E-state index is 5.39. The summed E-state index contributed by atoms with van der Waals surface area (Å²) in [6.45, 7) is 5.19. The molecule has 1 nitrogen and oxygen atoms in total. The molecule has 0 bridgehead atoms. The fraction of sp³-hybridized carbons (Fsp3) is 0.909. The van der Waals surface area contributed by atoms with Crippen LogP contribution in [0, 0.1) is 0 Å². The van der Waals surface area contributed by atoms with Gasteiger partial charge in [-0.15, -0.1) is 0 Å². The van der Waals surface area contributed by atoms with Gasteiger partial charge in [-0.05, 0) is 25.1 Å². The lowest BCUT2D eigenvalue weighted by atomic mass is 10.2. The topological polar surface area (TPSA) is 9.23 Å². The van der Waals surface area contributed by atoms with Gasteiger partial charge in [-0.1, -0.05) is 39.5 Å². The Bertz CT molecular complexity index is 123. The fourth-order valence-electron chi connectivity index (χ4n) is 1.10. The lowest BCUT2D eigenvalue weighted by Crippen LogP contribution is -2.02. The third-order valence-corrected chi connectivity index (χ3v) is 2.32. The Morgan fingerprint density at radius 1 is 1.00 bits per heavy atom. The number of ether oxygens (including phenoxy) is 1. The molecule has 0 aliphatic rings. The van der Waals surface area contributed by atoms with E-state index in [0.717, 1.165) is 24.5 Å². The van der Waals surface area contributed by atoms with Crippen LogP contribution in [0.5, 0.6) is 0 Å². The van der Waals surface area contributed by atoms with Crippen LogP contribution < -0.4 is 0 Å². The quantitative estimate of drug-likeness (QED) is 0.433. The van der Waals surface area contributed by atoms with Crippen LogP contribution >= 0.6 is 12.2 Å². The molecule has 0 aromatic heterocycles. The molecule has 0 atom stereocenters. The molecule has 0 aromatic rings. The number of hydrogen-bond acceptors (Lipinski definition) is 2. The molecule has 0 rings (SSSR count). The second-order valence-corrected chi connectivity index (χ2v) is 3.84. The van der Waals surface area contributed by atoms with E-state index in [4.69, 9.17) is 17.0 Å². The van der Waals surface area contributed by atoms with Gasteiger partial charge in [-0.2, -0.15) is 0 Å². The molecule has 0 amide bonds. The van der Waals surface area contributed by atoms with Crippen LogP contribution in [0.2, 0.25) is 0 Å². The van der Waals surface area contributed by atoms with Crippen molar-refractivity contribution < 1.29 is 4.74 Å². The Morgan fingerprint density at radius 3 is 2.31 bits per heavy atom. The lowest BCUT2D eigenvalue weighted by Gasteiger charge is -2.05. The van der Waals surface area contributed by atoms with Crippen molar-refractivity contribution in [2.75, 3.05) is 6.61 Å². The number of rotatable bonds is 8. The summed E-state index contributed by atoms with van der Waals surface area (Å²) < 4.78 is 5.39. The molecule has 0 aliphatic carbocycles. The summed E-state index contributed by atoms with van der Waals surface area (Å²) in [6, 6.07) is 0. The summed E-state index contributed by atoms with van der Waals surface area (Å²) in [5.74, 6) is 0. The number of thiocarbonyl (C=S) groups is 1. The maximum Gasteiger partial charge on any atom is 0.159 e. The van der Waals surface area contributed by atoms with Gasteiger partial charge in [-0.25, -0.2) is 0 Å². The minimum Gasteiger partial charge on any atom is -0.487 e. The van der Waals surface area contributed by atoms with Crippen molar-refractivity contribution >= 4 is 17.3 Å². The molecular formula is C11H22OS. The lowest BCUT2D eigenvalue weighted by molar-refractivity contribution is 0.295. The highest BCUT2D eigenvalue weighted by Crippen LogP contribution is 2.05. The summed E-state index contributed by atoms with van der Waals surface area (Å²) in [5, 5.41) is 0.810. The largest absolute Gasteiger partial charge is 0.487 e.